The molecule has 1 saturated heterocycles. The van der Waals surface area contributed by atoms with Gasteiger partial charge < -0.3 is 4.74 Å². The summed E-state index contributed by atoms with van der Waals surface area (Å²) in [6.45, 7) is 3.25. The molecule has 0 unspecified atom stereocenters. The first-order chi connectivity index (χ1) is 7.20. The smallest absolute Gasteiger partial charge is 0.414 e. The fourth-order valence-corrected chi connectivity index (χ4v) is 2.09. The fourth-order valence-electron chi connectivity index (χ4n) is 1.61. The van der Waals surface area contributed by atoms with E-state index >= 15 is 0 Å². The van der Waals surface area contributed by atoms with Crippen molar-refractivity contribution in [3.05, 3.63) is 28.2 Å². The lowest BCUT2D eigenvalue weighted by Crippen LogP contribution is -2.37. The summed E-state index contributed by atoms with van der Waals surface area (Å²) in [6.07, 6.45) is 0.624. The van der Waals surface area contributed by atoms with Crippen LogP contribution in [0.4, 0.5) is 10.5 Å². The lowest BCUT2D eigenvalue weighted by atomic mass is 10.2. The predicted molar refractivity (Wildman–Crippen MR) is 62.2 cm³/mol. The molecule has 0 bridgehead atoms. The van der Waals surface area contributed by atoms with Gasteiger partial charge >= 0.3 is 6.09 Å². The van der Waals surface area contributed by atoms with Gasteiger partial charge in [-0.05, 0) is 40.9 Å². The molecular formula is C11H12BrNO2. The Morgan fingerprint density at radius 3 is 3.00 bits per heavy atom. The molecule has 0 atom stereocenters. The zero-order chi connectivity index (χ0) is 10.8. The molecule has 15 heavy (non-hydrogen) atoms. The van der Waals surface area contributed by atoms with E-state index in [2.05, 4.69) is 15.9 Å². The van der Waals surface area contributed by atoms with Gasteiger partial charge in [-0.25, -0.2) is 4.79 Å². The average molecular weight is 270 g/mol. The van der Waals surface area contributed by atoms with Gasteiger partial charge in [-0.3, -0.25) is 4.90 Å². The monoisotopic (exact) mass is 269 g/mol. The Balaban J connectivity index is 2.35. The summed E-state index contributed by atoms with van der Waals surface area (Å²) in [5, 5.41) is 0. The van der Waals surface area contributed by atoms with Crippen LogP contribution in [0.25, 0.3) is 0 Å². The number of ether oxygens (including phenoxy) is 1. The second kappa shape index (κ2) is 4.23. The van der Waals surface area contributed by atoms with E-state index < -0.39 is 0 Å². The molecular weight excluding hydrogens is 258 g/mol. The summed E-state index contributed by atoms with van der Waals surface area (Å²) < 4.78 is 5.97. The first-order valence-electron chi connectivity index (χ1n) is 4.89. The van der Waals surface area contributed by atoms with Crippen molar-refractivity contribution in [1.29, 1.82) is 0 Å². The molecule has 1 aliphatic heterocycles. The zero-order valence-electron chi connectivity index (χ0n) is 8.50. The molecule has 0 saturated carbocycles. The number of anilines is 1. The molecule has 80 valence electrons. The second-order valence-corrected chi connectivity index (χ2v) is 4.32. The number of halogens is 1. The van der Waals surface area contributed by atoms with Crippen molar-refractivity contribution in [2.45, 2.75) is 13.3 Å². The van der Waals surface area contributed by atoms with Crippen molar-refractivity contribution in [3.8, 4) is 0 Å². The Labute approximate surface area is 97.2 Å². The average Bonchev–Trinajstić information content (AvgIpc) is 2.23. The molecule has 0 spiro atoms. The van der Waals surface area contributed by atoms with E-state index in [1.165, 1.54) is 0 Å². The molecule has 0 N–H and O–H groups in total. The van der Waals surface area contributed by atoms with Crippen molar-refractivity contribution < 1.29 is 9.53 Å². The Bertz CT molecular complexity index is 392. The molecule has 0 aliphatic carbocycles. The van der Waals surface area contributed by atoms with Gasteiger partial charge in [0.2, 0.25) is 0 Å². The molecule has 4 heteroatoms. The van der Waals surface area contributed by atoms with E-state index in [4.69, 9.17) is 4.74 Å². The van der Waals surface area contributed by atoms with Gasteiger partial charge in [0.1, 0.15) is 0 Å². The van der Waals surface area contributed by atoms with Gasteiger partial charge in [-0.1, -0.05) is 12.1 Å². The lowest BCUT2D eigenvalue weighted by Gasteiger charge is -2.27. The molecule has 1 amide bonds. The van der Waals surface area contributed by atoms with Crippen LogP contribution >= 0.6 is 15.9 Å². The van der Waals surface area contributed by atoms with Gasteiger partial charge in [-0.15, -0.1) is 0 Å². The Kier molecular flexibility index (Phi) is 2.95. The normalized spacial score (nSPS) is 16.4. The van der Waals surface area contributed by atoms with Crippen LogP contribution in [0.15, 0.2) is 22.7 Å². The summed E-state index contributed by atoms with van der Waals surface area (Å²) >= 11 is 3.49. The number of hydrogen-bond donors (Lipinski definition) is 0. The number of carbonyl (C=O) groups is 1. The maximum atomic E-state index is 11.5. The van der Waals surface area contributed by atoms with Gasteiger partial charge in [0, 0.05) is 11.0 Å². The highest BCUT2D eigenvalue weighted by Gasteiger charge is 2.23. The highest BCUT2D eigenvalue weighted by Crippen LogP contribution is 2.30. The summed E-state index contributed by atoms with van der Waals surface area (Å²) in [7, 11) is 0. The maximum Gasteiger partial charge on any atom is 0.414 e. The third-order valence-corrected chi connectivity index (χ3v) is 3.47. The SMILES string of the molecule is Cc1cccc(N2CCCOC2=O)c1Br. The first kappa shape index (κ1) is 10.5. The van der Waals surface area contributed by atoms with E-state index in [1.807, 2.05) is 25.1 Å². The topological polar surface area (TPSA) is 29.5 Å². The molecule has 1 aliphatic rings. The van der Waals surface area contributed by atoms with Crippen LogP contribution in [-0.4, -0.2) is 19.2 Å². The van der Waals surface area contributed by atoms with E-state index in [1.54, 1.807) is 4.90 Å². The Morgan fingerprint density at radius 1 is 1.47 bits per heavy atom. The molecule has 1 aromatic carbocycles. The maximum absolute atomic E-state index is 11.5. The summed E-state index contributed by atoms with van der Waals surface area (Å²) in [6, 6.07) is 5.86. The highest BCUT2D eigenvalue weighted by atomic mass is 79.9. The molecule has 1 fully saturated rings. The second-order valence-electron chi connectivity index (χ2n) is 3.53. The van der Waals surface area contributed by atoms with Crippen LogP contribution in [0.3, 0.4) is 0 Å². The quantitative estimate of drug-likeness (QED) is 0.784. The number of nitrogens with zero attached hydrogens (tertiary/aromatic N) is 1. The van der Waals surface area contributed by atoms with Crippen molar-refractivity contribution >= 4 is 27.7 Å². The van der Waals surface area contributed by atoms with Crippen LogP contribution < -0.4 is 4.90 Å². The number of aryl methyl sites for hydroxylation is 1. The minimum absolute atomic E-state index is 0.257. The van der Waals surface area contributed by atoms with Crippen LogP contribution in [0.5, 0.6) is 0 Å². The van der Waals surface area contributed by atoms with Gasteiger partial charge in [0.25, 0.3) is 0 Å². The summed E-state index contributed by atoms with van der Waals surface area (Å²) in [4.78, 5) is 13.2. The molecule has 1 heterocycles. The molecule has 0 radical (unpaired) electrons. The zero-order valence-corrected chi connectivity index (χ0v) is 10.1. The van der Waals surface area contributed by atoms with Crippen LogP contribution in [-0.2, 0) is 4.74 Å². The van der Waals surface area contributed by atoms with E-state index in [0.717, 1.165) is 28.7 Å². The largest absolute Gasteiger partial charge is 0.449 e. The standard InChI is InChI=1S/C11H12BrNO2/c1-8-4-2-5-9(10(8)12)13-6-3-7-15-11(13)14/h2,4-5H,3,6-7H2,1H3. The van der Waals surface area contributed by atoms with Crippen molar-refractivity contribution in [2.24, 2.45) is 0 Å². The van der Waals surface area contributed by atoms with Crippen LogP contribution in [0.1, 0.15) is 12.0 Å². The van der Waals surface area contributed by atoms with Crippen molar-refractivity contribution in [1.82, 2.24) is 0 Å². The molecule has 2 rings (SSSR count). The molecule has 1 aromatic rings. The van der Waals surface area contributed by atoms with Crippen LogP contribution in [0.2, 0.25) is 0 Å². The van der Waals surface area contributed by atoms with E-state index in [-0.39, 0.29) is 6.09 Å². The number of carbonyl (C=O) groups excluding carboxylic acids is 1. The number of benzene rings is 1. The summed E-state index contributed by atoms with van der Waals surface area (Å²) in [5.41, 5.74) is 2.01. The third-order valence-electron chi connectivity index (χ3n) is 2.43. The minimum atomic E-state index is -0.257. The predicted octanol–water partition coefficient (Wildman–Crippen LogP) is 3.10. The van der Waals surface area contributed by atoms with E-state index in [9.17, 15) is 4.79 Å². The number of amides is 1. The fraction of sp³-hybridized carbons (Fsp3) is 0.364. The first-order valence-corrected chi connectivity index (χ1v) is 5.69. The lowest BCUT2D eigenvalue weighted by molar-refractivity contribution is 0.140. The Morgan fingerprint density at radius 2 is 2.27 bits per heavy atom. The Hall–Kier alpha value is -1.03. The molecule has 0 aromatic heterocycles. The van der Waals surface area contributed by atoms with Crippen LogP contribution in [0, 0.1) is 6.92 Å². The van der Waals surface area contributed by atoms with Crippen molar-refractivity contribution in [2.75, 3.05) is 18.1 Å². The van der Waals surface area contributed by atoms with Gasteiger partial charge in [-0.2, -0.15) is 0 Å². The summed E-state index contributed by atoms with van der Waals surface area (Å²) in [5.74, 6) is 0. The third kappa shape index (κ3) is 2.00. The number of rotatable bonds is 1. The van der Waals surface area contributed by atoms with Gasteiger partial charge in [0.05, 0.1) is 12.3 Å². The van der Waals surface area contributed by atoms with Crippen molar-refractivity contribution in [3.63, 3.8) is 0 Å². The number of cyclic esters (lactones) is 1. The molecule has 3 nitrogen and oxygen atoms in total. The minimum Gasteiger partial charge on any atom is -0.449 e. The number of hydrogen-bond acceptors (Lipinski definition) is 2. The van der Waals surface area contributed by atoms with E-state index in [0.29, 0.717) is 6.61 Å². The van der Waals surface area contributed by atoms with Gasteiger partial charge in [0.15, 0.2) is 0 Å². The highest BCUT2D eigenvalue weighted by molar-refractivity contribution is 9.10.